The number of aromatic nitrogens is 1. The van der Waals surface area contributed by atoms with Gasteiger partial charge in [-0.15, -0.1) is 5.11 Å². The summed E-state index contributed by atoms with van der Waals surface area (Å²) in [6.45, 7) is 5.55. The molecule has 0 bridgehead atoms. The molecule has 2 aromatic carbocycles. The predicted octanol–water partition coefficient (Wildman–Crippen LogP) is 5.66. The molecule has 1 aromatic heterocycles. The number of hydrogen-bond donors (Lipinski definition) is 1. The molecular weight excluding hydrogens is 310 g/mol. The molecule has 4 heteroatoms. The van der Waals surface area contributed by atoms with E-state index >= 15 is 0 Å². The second-order valence-corrected chi connectivity index (χ2v) is 7.14. The normalized spacial score (nSPS) is 14.6. The summed E-state index contributed by atoms with van der Waals surface area (Å²) >= 11 is 0. The molecule has 1 saturated carbocycles. The van der Waals surface area contributed by atoms with Crippen LogP contribution >= 0.6 is 0 Å². The first kappa shape index (κ1) is 15.9. The van der Waals surface area contributed by atoms with E-state index in [0.717, 1.165) is 23.0 Å². The SMILES string of the molecule is Cc1cc(C)cc(CN=Nc2c(O)n(CC3CC3)c3ccccc23)c1. The molecule has 3 aromatic rings. The van der Waals surface area contributed by atoms with Crippen LogP contribution in [0, 0.1) is 19.8 Å². The molecule has 0 saturated heterocycles. The van der Waals surface area contributed by atoms with E-state index in [1.165, 1.54) is 24.0 Å². The number of hydrogen-bond acceptors (Lipinski definition) is 3. The number of aromatic hydroxyl groups is 1. The van der Waals surface area contributed by atoms with Crippen molar-refractivity contribution in [1.29, 1.82) is 0 Å². The second kappa shape index (κ2) is 6.36. The van der Waals surface area contributed by atoms with E-state index in [2.05, 4.69) is 42.3 Å². The highest BCUT2D eigenvalue weighted by molar-refractivity contribution is 5.94. The van der Waals surface area contributed by atoms with Crippen LogP contribution in [0.2, 0.25) is 0 Å². The van der Waals surface area contributed by atoms with Crippen LogP contribution in [0.25, 0.3) is 10.9 Å². The molecule has 0 unspecified atom stereocenters. The molecule has 1 aliphatic carbocycles. The highest BCUT2D eigenvalue weighted by Gasteiger charge is 2.25. The number of para-hydroxylation sites is 1. The van der Waals surface area contributed by atoms with E-state index in [4.69, 9.17) is 0 Å². The lowest BCUT2D eigenvalue weighted by Gasteiger charge is -2.04. The van der Waals surface area contributed by atoms with Gasteiger partial charge in [-0.3, -0.25) is 0 Å². The van der Waals surface area contributed by atoms with Gasteiger partial charge in [-0.2, -0.15) is 5.11 Å². The molecule has 1 aliphatic rings. The Balaban J connectivity index is 1.65. The average Bonchev–Trinajstić information content (AvgIpc) is 3.35. The van der Waals surface area contributed by atoms with Crippen molar-refractivity contribution in [1.82, 2.24) is 4.57 Å². The third-order valence-electron chi connectivity index (χ3n) is 4.76. The van der Waals surface area contributed by atoms with Crippen molar-refractivity contribution in [2.45, 2.75) is 39.8 Å². The smallest absolute Gasteiger partial charge is 0.220 e. The molecule has 0 atom stereocenters. The zero-order valence-corrected chi connectivity index (χ0v) is 14.7. The van der Waals surface area contributed by atoms with Crippen molar-refractivity contribution in [2.75, 3.05) is 0 Å². The summed E-state index contributed by atoms with van der Waals surface area (Å²) in [6.07, 6.45) is 2.49. The summed E-state index contributed by atoms with van der Waals surface area (Å²) in [5.41, 5.74) is 5.22. The quantitative estimate of drug-likeness (QED) is 0.602. The minimum absolute atomic E-state index is 0.234. The molecule has 0 radical (unpaired) electrons. The predicted molar refractivity (Wildman–Crippen MR) is 100 cm³/mol. The van der Waals surface area contributed by atoms with E-state index in [1.54, 1.807) is 0 Å². The molecule has 1 heterocycles. The molecular formula is C21H23N3O. The highest BCUT2D eigenvalue weighted by atomic mass is 16.3. The number of fused-ring (bicyclic) bond motifs is 1. The maximum Gasteiger partial charge on any atom is 0.220 e. The zero-order chi connectivity index (χ0) is 17.4. The van der Waals surface area contributed by atoms with Crippen LogP contribution in [0.5, 0.6) is 5.88 Å². The number of nitrogens with zero attached hydrogens (tertiary/aromatic N) is 3. The van der Waals surface area contributed by atoms with Gasteiger partial charge in [-0.25, -0.2) is 0 Å². The Hall–Kier alpha value is -2.62. The standard InChI is InChI=1S/C21H23N3O/c1-14-9-15(2)11-17(10-14)12-22-23-20-18-5-3-4-6-19(18)24(21(20)25)13-16-7-8-16/h3-6,9-11,16,25H,7-8,12-13H2,1-2H3. The van der Waals surface area contributed by atoms with Crippen LogP contribution in [0.4, 0.5) is 5.69 Å². The first-order chi connectivity index (χ1) is 12.1. The maximum absolute atomic E-state index is 10.7. The molecule has 4 rings (SSSR count). The Kier molecular flexibility index (Phi) is 4.04. The number of benzene rings is 2. The molecule has 25 heavy (non-hydrogen) atoms. The van der Waals surface area contributed by atoms with Gasteiger partial charge in [0.25, 0.3) is 0 Å². The Morgan fingerprint density at radius 3 is 2.52 bits per heavy atom. The highest BCUT2D eigenvalue weighted by Crippen LogP contribution is 2.41. The van der Waals surface area contributed by atoms with Crippen LogP contribution in [0.3, 0.4) is 0 Å². The summed E-state index contributed by atoms with van der Waals surface area (Å²) in [6, 6.07) is 14.4. The first-order valence-corrected chi connectivity index (χ1v) is 8.86. The van der Waals surface area contributed by atoms with Gasteiger partial charge in [-0.05, 0) is 44.2 Å². The minimum Gasteiger partial charge on any atom is -0.493 e. The zero-order valence-electron chi connectivity index (χ0n) is 14.7. The van der Waals surface area contributed by atoms with Crippen molar-refractivity contribution < 1.29 is 5.11 Å². The van der Waals surface area contributed by atoms with Crippen molar-refractivity contribution in [3.8, 4) is 5.88 Å². The monoisotopic (exact) mass is 333 g/mol. The summed E-state index contributed by atoms with van der Waals surface area (Å²) in [7, 11) is 0. The van der Waals surface area contributed by atoms with Crippen molar-refractivity contribution in [2.24, 2.45) is 16.1 Å². The number of aryl methyl sites for hydroxylation is 2. The third kappa shape index (κ3) is 3.29. The van der Waals surface area contributed by atoms with Crippen LogP contribution in [0.15, 0.2) is 52.7 Å². The van der Waals surface area contributed by atoms with E-state index in [0.29, 0.717) is 18.2 Å². The molecule has 4 nitrogen and oxygen atoms in total. The maximum atomic E-state index is 10.7. The fourth-order valence-corrected chi connectivity index (χ4v) is 3.46. The molecule has 0 aliphatic heterocycles. The van der Waals surface area contributed by atoms with Gasteiger partial charge in [0.2, 0.25) is 5.88 Å². The lowest BCUT2D eigenvalue weighted by molar-refractivity contribution is 0.415. The van der Waals surface area contributed by atoms with E-state index in [9.17, 15) is 5.11 Å². The van der Waals surface area contributed by atoms with E-state index in [1.807, 2.05) is 28.8 Å². The van der Waals surface area contributed by atoms with Gasteiger partial charge >= 0.3 is 0 Å². The van der Waals surface area contributed by atoms with Gasteiger partial charge in [0, 0.05) is 11.9 Å². The summed E-state index contributed by atoms with van der Waals surface area (Å²) in [5.74, 6) is 0.916. The fraction of sp³-hybridized carbons (Fsp3) is 0.333. The Morgan fingerprint density at radius 1 is 1.08 bits per heavy atom. The summed E-state index contributed by atoms with van der Waals surface area (Å²) in [4.78, 5) is 0. The average molecular weight is 333 g/mol. The van der Waals surface area contributed by atoms with Crippen LogP contribution in [-0.4, -0.2) is 9.67 Å². The third-order valence-corrected chi connectivity index (χ3v) is 4.76. The van der Waals surface area contributed by atoms with Crippen LogP contribution in [-0.2, 0) is 13.1 Å². The van der Waals surface area contributed by atoms with Gasteiger partial charge in [0.15, 0.2) is 5.69 Å². The van der Waals surface area contributed by atoms with Gasteiger partial charge in [0.1, 0.15) is 0 Å². The lowest BCUT2D eigenvalue weighted by atomic mass is 10.1. The number of azo groups is 1. The summed E-state index contributed by atoms with van der Waals surface area (Å²) in [5, 5.41) is 20.4. The molecule has 1 fully saturated rings. The minimum atomic E-state index is 0.234. The van der Waals surface area contributed by atoms with Crippen molar-refractivity contribution >= 4 is 16.6 Å². The van der Waals surface area contributed by atoms with E-state index in [-0.39, 0.29) is 5.88 Å². The number of rotatable bonds is 5. The van der Waals surface area contributed by atoms with Crippen molar-refractivity contribution in [3.05, 3.63) is 59.2 Å². The molecule has 128 valence electrons. The van der Waals surface area contributed by atoms with Crippen LogP contribution < -0.4 is 0 Å². The van der Waals surface area contributed by atoms with Gasteiger partial charge in [-0.1, -0.05) is 47.5 Å². The van der Waals surface area contributed by atoms with Gasteiger partial charge in [0.05, 0.1) is 12.1 Å². The topological polar surface area (TPSA) is 49.9 Å². The first-order valence-electron chi connectivity index (χ1n) is 8.86. The Labute approximate surface area is 147 Å². The molecule has 0 amide bonds. The Morgan fingerprint density at radius 2 is 1.80 bits per heavy atom. The van der Waals surface area contributed by atoms with Crippen LogP contribution in [0.1, 0.15) is 29.5 Å². The van der Waals surface area contributed by atoms with E-state index < -0.39 is 0 Å². The second-order valence-electron chi connectivity index (χ2n) is 7.14. The molecule has 0 spiro atoms. The molecule has 1 N–H and O–H groups in total. The summed E-state index contributed by atoms with van der Waals surface area (Å²) < 4.78 is 1.98. The van der Waals surface area contributed by atoms with Gasteiger partial charge < -0.3 is 9.67 Å². The van der Waals surface area contributed by atoms with Crippen molar-refractivity contribution in [3.63, 3.8) is 0 Å². The Bertz CT molecular complexity index is 931. The fourth-order valence-electron chi connectivity index (χ4n) is 3.46. The largest absolute Gasteiger partial charge is 0.493 e. The lowest BCUT2D eigenvalue weighted by Crippen LogP contribution is -1.98.